The Morgan fingerprint density at radius 1 is 1.11 bits per heavy atom. The molecule has 0 aliphatic carbocycles. The van der Waals surface area contributed by atoms with Crippen molar-refractivity contribution in [2.75, 3.05) is 11.9 Å². The predicted molar refractivity (Wildman–Crippen MR) is 121 cm³/mol. The summed E-state index contributed by atoms with van der Waals surface area (Å²) >= 11 is 24.4. The second kappa shape index (κ2) is 9.29. The van der Waals surface area contributed by atoms with Crippen LogP contribution in [-0.2, 0) is 9.59 Å². The lowest BCUT2D eigenvalue weighted by atomic mass is 10.2. The Kier molecular flexibility index (Phi) is 7.01. The lowest BCUT2D eigenvalue weighted by Crippen LogP contribution is -2.31. The second-order valence-corrected chi connectivity index (χ2v) is 8.68. The molecule has 2 amide bonds. The fourth-order valence-corrected chi connectivity index (χ4v) is 4.22. The van der Waals surface area contributed by atoms with Gasteiger partial charge >= 0.3 is 0 Å². The van der Waals surface area contributed by atoms with Crippen molar-refractivity contribution < 1.29 is 9.59 Å². The minimum absolute atomic E-state index is 0.0893. The van der Waals surface area contributed by atoms with E-state index in [0.29, 0.717) is 30.0 Å². The van der Waals surface area contributed by atoms with Gasteiger partial charge in [-0.3, -0.25) is 14.5 Å². The largest absolute Gasteiger partial charge is 0.326 e. The number of nitrogens with one attached hydrogen (secondary N) is 1. The van der Waals surface area contributed by atoms with E-state index in [2.05, 4.69) is 5.32 Å². The van der Waals surface area contributed by atoms with Gasteiger partial charge in [-0.05, 0) is 35.9 Å². The Labute approximate surface area is 186 Å². The topological polar surface area (TPSA) is 49.4 Å². The van der Waals surface area contributed by atoms with Crippen molar-refractivity contribution in [2.45, 2.75) is 6.42 Å². The Morgan fingerprint density at radius 3 is 2.57 bits per heavy atom. The molecule has 0 spiro atoms. The fraction of sp³-hybridized carbons (Fsp3) is 0.105. The van der Waals surface area contributed by atoms with Crippen LogP contribution in [0.15, 0.2) is 47.4 Å². The average Bonchev–Trinajstić information content (AvgIpc) is 2.91. The summed E-state index contributed by atoms with van der Waals surface area (Å²) in [5.74, 6) is -0.500. The quantitative estimate of drug-likeness (QED) is 0.437. The summed E-state index contributed by atoms with van der Waals surface area (Å²) in [7, 11) is 0. The molecule has 1 N–H and O–H groups in total. The molecule has 1 heterocycles. The average molecular weight is 472 g/mol. The fourth-order valence-electron chi connectivity index (χ4n) is 2.44. The predicted octanol–water partition coefficient (Wildman–Crippen LogP) is 5.88. The van der Waals surface area contributed by atoms with E-state index in [0.717, 1.165) is 5.56 Å². The maximum Gasteiger partial charge on any atom is 0.266 e. The minimum Gasteiger partial charge on any atom is -0.326 e. The number of hydrogen-bond acceptors (Lipinski definition) is 4. The molecule has 1 aliphatic heterocycles. The van der Waals surface area contributed by atoms with Crippen molar-refractivity contribution in [2.24, 2.45) is 0 Å². The third-order valence-electron chi connectivity index (χ3n) is 3.83. The summed E-state index contributed by atoms with van der Waals surface area (Å²) in [6, 6.07) is 12.0. The Morgan fingerprint density at radius 2 is 1.86 bits per heavy atom. The zero-order valence-electron chi connectivity index (χ0n) is 14.2. The van der Waals surface area contributed by atoms with Gasteiger partial charge in [0, 0.05) is 23.7 Å². The van der Waals surface area contributed by atoms with Crippen molar-refractivity contribution in [3.63, 3.8) is 0 Å². The van der Waals surface area contributed by atoms with Crippen LogP contribution in [0.3, 0.4) is 0 Å². The van der Waals surface area contributed by atoms with Gasteiger partial charge in [0.15, 0.2) is 0 Å². The molecule has 0 radical (unpaired) electrons. The summed E-state index contributed by atoms with van der Waals surface area (Å²) < 4.78 is 0.408. The minimum atomic E-state index is -0.262. The number of anilines is 1. The monoisotopic (exact) mass is 470 g/mol. The van der Waals surface area contributed by atoms with Crippen LogP contribution in [0.1, 0.15) is 12.0 Å². The van der Waals surface area contributed by atoms with Crippen LogP contribution in [0.4, 0.5) is 5.69 Å². The first-order chi connectivity index (χ1) is 13.3. The molecule has 0 bridgehead atoms. The van der Waals surface area contributed by atoms with Gasteiger partial charge in [0.1, 0.15) is 4.32 Å². The molecular weight excluding hydrogens is 459 g/mol. The zero-order valence-corrected chi connectivity index (χ0v) is 18.1. The van der Waals surface area contributed by atoms with Crippen LogP contribution in [-0.4, -0.2) is 27.6 Å². The van der Waals surface area contributed by atoms with Crippen LogP contribution in [0.5, 0.6) is 0 Å². The van der Waals surface area contributed by atoms with Crippen molar-refractivity contribution in [3.8, 4) is 0 Å². The van der Waals surface area contributed by atoms with Crippen molar-refractivity contribution >= 4 is 86.7 Å². The third kappa shape index (κ3) is 5.07. The normalized spacial score (nSPS) is 15.4. The Hall–Kier alpha value is -1.57. The van der Waals surface area contributed by atoms with Gasteiger partial charge in [-0.15, -0.1) is 0 Å². The van der Waals surface area contributed by atoms with Crippen LogP contribution >= 0.6 is 58.8 Å². The molecule has 1 aliphatic rings. The van der Waals surface area contributed by atoms with Crippen molar-refractivity contribution in [1.82, 2.24) is 4.90 Å². The Bertz CT molecular complexity index is 995. The molecular formula is C19H13Cl3N2O2S2. The van der Waals surface area contributed by atoms with Gasteiger partial charge < -0.3 is 5.32 Å². The number of benzene rings is 2. The van der Waals surface area contributed by atoms with E-state index in [1.54, 1.807) is 30.3 Å². The molecule has 0 unspecified atom stereocenters. The van der Waals surface area contributed by atoms with E-state index in [-0.39, 0.29) is 24.8 Å². The molecule has 28 heavy (non-hydrogen) atoms. The first-order valence-corrected chi connectivity index (χ1v) is 10.5. The second-order valence-electron chi connectivity index (χ2n) is 5.78. The van der Waals surface area contributed by atoms with Crippen LogP contribution in [0, 0.1) is 0 Å². The number of nitrogens with zero attached hydrogens (tertiary/aromatic N) is 1. The first-order valence-electron chi connectivity index (χ1n) is 8.10. The summed E-state index contributed by atoms with van der Waals surface area (Å²) in [4.78, 5) is 26.7. The number of thiocarbonyl (C=S) groups is 1. The van der Waals surface area contributed by atoms with Gasteiger partial charge in [-0.2, -0.15) is 0 Å². The van der Waals surface area contributed by atoms with Gasteiger partial charge in [0.2, 0.25) is 5.91 Å². The number of rotatable bonds is 5. The molecule has 0 saturated carbocycles. The number of carbonyl (C=O) groups excluding carboxylic acids is 2. The van der Waals surface area contributed by atoms with Crippen LogP contribution in [0.2, 0.25) is 15.1 Å². The number of thioether (sulfide) groups is 1. The van der Waals surface area contributed by atoms with Crippen molar-refractivity contribution in [1.29, 1.82) is 0 Å². The summed E-state index contributed by atoms with van der Waals surface area (Å²) in [6.07, 6.45) is 1.80. The van der Waals surface area contributed by atoms with E-state index in [1.807, 2.05) is 18.2 Å². The smallest absolute Gasteiger partial charge is 0.266 e. The molecule has 144 valence electrons. The van der Waals surface area contributed by atoms with Crippen molar-refractivity contribution in [3.05, 3.63) is 68.0 Å². The highest BCUT2D eigenvalue weighted by molar-refractivity contribution is 8.26. The zero-order chi connectivity index (χ0) is 20.3. The molecule has 3 rings (SSSR count). The maximum atomic E-state index is 12.6. The number of carbonyl (C=O) groups is 2. The molecule has 9 heteroatoms. The lowest BCUT2D eigenvalue weighted by molar-refractivity contribution is -0.122. The SMILES string of the molecule is O=C(CCN1C(=O)/C(=C/c2ccccc2Cl)SC1=S)Nc1ccc(Cl)c(Cl)c1. The maximum absolute atomic E-state index is 12.6. The highest BCUT2D eigenvalue weighted by Crippen LogP contribution is 2.33. The highest BCUT2D eigenvalue weighted by atomic mass is 35.5. The summed E-state index contributed by atoms with van der Waals surface area (Å²) in [6.45, 7) is 0.178. The molecule has 2 aromatic carbocycles. The molecule has 0 aromatic heterocycles. The summed E-state index contributed by atoms with van der Waals surface area (Å²) in [5.41, 5.74) is 1.27. The molecule has 1 saturated heterocycles. The molecule has 4 nitrogen and oxygen atoms in total. The summed E-state index contributed by atoms with van der Waals surface area (Å²) in [5, 5.41) is 4.02. The number of amides is 2. The number of halogens is 3. The molecule has 2 aromatic rings. The van der Waals surface area contributed by atoms with E-state index in [9.17, 15) is 9.59 Å². The van der Waals surface area contributed by atoms with Crippen LogP contribution in [0.25, 0.3) is 6.08 Å². The van der Waals surface area contributed by atoms with Crippen LogP contribution < -0.4 is 5.32 Å². The molecule has 1 fully saturated rings. The van der Waals surface area contributed by atoms with E-state index < -0.39 is 0 Å². The van der Waals surface area contributed by atoms with Gasteiger partial charge in [0.25, 0.3) is 5.91 Å². The first kappa shape index (κ1) is 21.1. The Balaban J connectivity index is 1.62. The van der Waals surface area contributed by atoms with Gasteiger partial charge in [-0.25, -0.2) is 0 Å². The third-order valence-corrected chi connectivity index (χ3v) is 6.29. The number of hydrogen-bond donors (Lipinski definition) is 1. The standard InChI is InChI=1S/C19H13Cl3N2O2S2/c20-13-4-2-1-3-11(13)9-16-18(26)24(19(27)28-16)8-7-17(25)23-12-5-6-14(21)15(22)10-12/h1-6,9-10H,7-8H2,(H,23,25)/b16-9-. The van der Waals surface area contributed by atoms with Gasteiger partial charge in [-0.1, -0.05) is 77.0 Å². The van der Waals surface area contributed by atoms with E-state index in [4.69, 9.17) is 47.0 Å². The lowest BCUT2D eigenvalue weighted by Gasteiger charge is -2.14. The van der Waals surface area contributed by atoms with E-state index in [1.165, 1.54) is 16.7 Å². The van der Waals surface area contributed by atoms with E-state index >= 15 is 0 Å². The molecule has 0 atom stereocenters. The van der Waals surface area contributed by atoms with Gasteiger partial charge in [0.05, 0.1) is 15.0 Å². The highest BCUT2D eigenvalue weighted by Gasteiger charge is 2.32.